The number of rotatable bonds is 2. The maximum Gasteiger partial charge on any atom is 0.349 e. The van der Waals surface area contributed by atoms with Gasteiger partial charge in [0, 0.05) is 11.8 Å². The molecule has 0 spiro atoms. The number of anilines is 1. The summed E-state index contributed by atoms with van der Waals surface area (Å²) >= 11 is 5.14. The molecule has 15 heavy (non-hydrogen) atoms. The summed E-state index contributed by atoms with van der Waals surface area (Å²) in [5.41, 5.74) is 5.52. The molecule has 0 heterocycles. The van der Waals surface area contributed by atoms with E-state index < -0.39 is 17.8 Å². The Bertz CT molecular complexity index is 405. The van der Waals surface area contributed by atoms with Gasteiger partial charge in [-0.25, -0.2) is 4.79 Å². The number of carbonyl (C=O) groups excluding carboxylic acids is 2. The highest BCUT2D eigenvalue weighted by Crippen LogP contribution is 2.20. The Morgan fingerprint density at radius 1 is 1.47 bits per heavy atom. The van der Waals surface area contributed by atoms with E-state index in [0.717, 1.165) is 0 Å². The SMILES string of the molecule is Nc1ccc(C(=O)OC(=O)CCl)c(O)c1. The summed E-state index contributed by atoms with van der Waals surface area (Å²) in [6.07, 6.45) is 0. The zero-order valence-electron chi connectivity index (χ0n) is 7.57. The molecule has 0 aromatic heterocycles. The quantitative estimate of drug-likeness (QED) is 0.340. The van der Waals surface area contributed by atoms with Gasteiger partial charge in [-0.3, -0.25) is 4.79 Å². The van der Waals surface area contributed by atoms with E-state index in [2.05, 4.69) is 4.74 Å². The van der Waals surface area contributed by atoms with Gasteiger partial charge in [0.25, 0.3) is 0 Å². The van der Waals surface area contributed by atoms with E-state index in [-0.39, 0.29) is 11.3 Å². The summed E-state index contributed by atoms with van der Waals surface area (Å²) in [7, 11) is 0. The van der Waals surface area contributed by atoms with Gasteiger partial charge in [0.15, 0.2) is 0 Å². The molecule has 5 nitrogen and oxygen atoms in total. The molecule has 0 saturated carbocycles. The van der Waals surface area contributed by atoms with Crippen LogP contribution in [-0.2, 0) is 9.53 Å². The topological polar surface area (TPSA) is 89.6 Å². The number of nitrogen functional groups attached to an aromatic ring is 1. The van der Waals surface area contributed by atoms with Gasteiger partial charge in [0.05, 0.1) is 0 Å². The minimum Gasteiger partial charge on any atom is -0.507 e. The van der Waals surface area contributed by atoms with Gasteiger partial charge in [-0.1, -0.05) is 0 Å². The van der Waals surface area contributed by atoms with Crippen molar-refractivity contribution in [1.29, 1.82) is 0 Å². The van der Waals surface area contributed by atoms with E-state index in [0.29, 0.717) is 5.69 Å². The number of nitrogens with two attached hydrogens (primary N) is 1. The lowest BCUT2D eigenvalue weighted by Crippen LogP contribution is -2.13. The Hall–Kier alpha value is -1.75. The van der Waals surface area contributed by atoms with Gasteiger partial charge < -0.3 is 15.6 Å². The summed E-state index contributed by atoms with van der Waals surface area (Å²) in [5.74, 6) is -2.61. The second kappa shape index (κ2) is 4.65. The van der Waals surface area contributed by atoms with Gasteiger partial charge >= 0.3 is 11.9 Å². The Morgan fingerprint density at radius 2 is 2.13 bits per heavy atom. The van der Waals surface area contributed by atoms with Crippen molar-refractivity contribution in [3.05, 3.63) is 23.8 Å². The maximum atomic E-state index is 11.2. The van der Waals surface area contributed by atoms with E-state index >= 15 is 0 Å². The first-order chi connectivity index (χ1) is 7.04. The molecule has 0 aliphatic heterocycles. The molecule has 0 bridgehead atoms. The molecule has 3 N–H and O–H groups in total. The molecule has 1 rings (SSSR count). The van der Waals surface area contributed by atoms with Gasteiger partial charge in [-0.05, 0) is 12.1 Å². The Balaban J connectivity index is 2.87. The first kappa shape index (κ1) is 11.3. The van der Waals surface area contributed by atoms with Gasteiger partial charge in [-0.2, -0.15) is 0 Å². The molecule has 1 aromatic rings. The first-order valence-electron chi connectivity index (χ1n) is 3.94. The number of halogens is 1. The Kier molecular flexibility index (Phi) is 3.51. The summed E-state index contributed by atoms with van der Waals surface area (Å²) < 4.78 is 4.30. The number of esters is 2. The van der Waals surface area contributed by atoms with E-state index in [9.17, 15) is 14.7 Å². The second-order valence-electron chi connectivity index (χ2n) is 2.67. The first-order valence-corrected chi connectivity index (χ1v) is 4.47. The molecule has 0 atom stereocenters. The zero-order valence-corrected chi connectivity index (χ0v) is 8.32. The number of alkyl halides is 1. The average molecular weight is 230 g/mol. The fourth-order valence-electron chi connectivity index (χ4n) is 0.907. The van der Waals surface area contributed by atoms with Crippen LogP contribution < -0.4 is 5.73 Å². The van der Waals surface area contributed by atoms with Crippen LogP contribution in [0, 0.1) is 0 Å². The molecular weight excluding hydrogens is 222 g/mol. The van der Waals surface area contributed by atoms with Crippen molar-refractivity contribution in [1.82, 2.24) is 0 Å². The van der Waals surface area contributed by atoms with Gasteiger partial charge in [0.1, 0.15) is 17.2 Å². The predicted octanol–water partition coefficient (Wildman–Crippen LogP) is 0.897. The number of benzene rings is 1. The highest BCUT2D eigenvalue weighted by molar-refractivity contribution is 6.27. The van der Waals surface area contributed by atoms with Crippen LogP contribution in [0.5, 0.6) is 5.75 Å². The van der Waals surface area contributed by atoms with Crippen LogP contribution in [-0.4, -0.2) is 22.9 Å². The largest absolute Gasteiger partial charge is 0.507 e. The third-order valence-electron chi connectivity index (χ3n) is 1.56. The second-order valence-corrected chi connectivity index (χ2v) is 2.94. The van der Waals surface area contributed by atoms with E-state index in [4.69, 9.17) is 17.3 Å². The number of phenolic OH excluding ortho intramolecular Hbond substituents is 1. The minimum absolute atomic E-state index is 0.136. The summed E-state index contributed by atoms with van der Waals surface area (Å²) in [4.78, 5) is 21.9. The third-order valence-corrected chi connectivity index (χ3v) is 1.78. The molecule has 0 radical (unpaired) electrons. The molecule has 80 valence electrons. The van der Waals surface area contributed by atoms with Crippen molar-refractivity contribution >= 4 is 29.2 Å². The lowest BCUT2D eigenvalue weighted by molar-refractivity contribution is -0.135. The van der Waals surface area contributed by atoms with Crippen molar-refractivity contribution in [3.63, 3.8) is 0 Å². The monoisotopic (exact) mass is 229 g/mol. The van der Waals surface area contributed by atoms with Crippen LogP contribution in [0.2, 0.25) is 0 Å². The summed E-state index contributed by atoms with van der Waals surface area (Å²) in [6.45, 7) is 0. The van der Waals surface area contributed by atoms with Crippen LogP contribution in [0.25, 0.3) is 0 Å². The Morgan fingerprint density at radius 3 is 2.67 bits per heavy atom. The standard InChI is InChI=1S/C9H8ClNO4/c10-4-8(13)15-9(14)6-2-1-5(11)3-7(6)12/h1-3,12H,4,11H2. The molecule has 0 unspecified atom stereocenters. The lowest BCUT2D eigenvalue weighted by Gasteiger charge is -2.03. The van der Waals surface area contributed by atoms with Crippen molar-refractivity contribution in [2.75, 3.05) is 11.6 Å². The van der Waals surface area contributed by atoms with Gasteiger partial charge in [-0.15, -0.1) is 11.6 Å². The number of carbonyl (C=O) groups is 2. The fourth-order valence-corrected chi connectivity index (χ4v) is 0.961. The molecule has 1 aromatic carbocycles. The lowest BCUT2D eigenvalue weighted by atomic mass is 10.2. The molecule has 0 fully saturated rings. The number of hydrogen-bond acceptors (Lipinski definition) is 5. The van der Waals surface area contributed by atoms with Crippen LogP contribution >= 0.6 is 11.6 Å². The summed E-state index contributed by atoms with van der Waals surface area (Å²) in [5, 5.41) is 9.32. The van der Waals surface area contributed by atoms with Crippen LogP contribution in [0.1, 0.15) is 10.4 Å². The third kappa shape index (κ3) is 2.85. The van der Waals surface area contributed by atoms with Gasteiger partial charge in [0.2, 0.25) is 0 Å². The van der Waals surface area contributed by atoms with E-state index in [1.807, 2.05) is 0 Å². The molecular formula is C9H8ClNO4. The zero-order chi connectivity index (χ0) is 11.4. The fraction of sp³-hybridized carbons (Fsp3) is 0.111. The van der Waals surface area contributed by atoms with Crippen LogP contribution in [0.3, 0.4) is 0 Å². The minimum atomic E-state index is -0.960. The molecule has 0 aliphatic rings. The Labute approximate surface area is 90.4 Å². The van der Waals surface area contributed by atoms with Crippen molar-refractivity contribution in [2.24, 2.45) is 0 Å². The number of phenols is 1. The van der Waals surface area contributed by atoms with E-state index in [1.54, 1.807) is 0 Å². The predicted molar refractivity (Wildman–Crippen MR) is 53.7 cm³/mol. The van der Waals surface area contributed by atoms with E-state index in [1.165, 1.54) is 18.2 Å². The summed E-state index contributed by atoms with van der Waals surface area (Å²) in [6, 6.07) is 3.85. The molecule has 0 saturated heterocycles. The molecule has 0 amide bonds. The molecule has 0 aliphatic carbocycles. The number of aromatic hydroxyl groups is 1. The highest BCUT2D eigenvalue weighted by Gasteiger charge is 2.15. The molecule has 6 heteroatoms. The number of hydrogen-bond donors (Lipinski definition) is 2. The smallest absolute Gasteiger partial charge is 0.349 e. The van der Waals surface area contributed by atoms with Crippen LogP contribution in [0.4, 0.5) is 5.69 Å². The van der Waals surface area contributed by atoms with Crippen molar-refractivity contribution in [2.45, 2.75) is 0 Å². The van der Waals surface area contributed by atoms with Crippen molar-refractivity contribution in [3.8, 4) is 5.75 Å². The maximum absolute atomic E-state index is 11.2. The van der Waals surface area contributed by atoms with Crippen molar-refractivity contribution < 1.29 is 19.4 Å². The number of ether oxygens (including phenoxy) is 1. The highest BCUT2D eigenvalue weighted by atomic mass is 35.5. The normalized spacial score (nSPS) is 9.67. The van der Waals surface area contributed by atoms with Crippen LogP contribution in [0.15, 0.2) is 18.2 Å². The average Bonchev–Trinajstić information content (AvgIpc) is 2.17.